The summed E-state index contributed by atoms with van der Waals surface area (Å²) in [5.74, 6) is 0. The van der Waals surface area contributed by atoms with Gasteiger partial charge in [0.2, 0.25) is 0 Å². The molecule has 40 heavy (non-hydrogen) atoms. The lowest BCUT2D eigenvalue weighted by atomic mass is 10.2. The Morgan fingerprint density at radius 1 is 0.550 bits per heavy atom. The molecule has 0 atom stereocenters. The monoisotopic (exact) mass is 537 g/mol. The average molecular weight is 538 g/mol. The van der Waals surface area contributed by atoms with Crippen LogP contribution in [0, 0.1) is 0 Å². The van der Waals surface area contributed by atoms with E-state index >= 15 is 0 Å². The number of rotatable bonds is 8. The smallest absolute Gasteiger partial charge is 0.421 e. The number of benzene rings is 4. The number of para-hydroxylation sites is 4. The van der Waals surface area contributed by atoms with Gasteiger partial charge in [0.25, 0.3) is 0 Å². The number of ether oxygens (including phenoxy) is 4. The fraction of sp³-hybridized carbons (Fsp3) is 0.161. The minimum absolute atomic E-state index is 0.140. The van der Waals surface area contributed by atoms with Gasteiger partial charge in [0.1, 0.15) is 13.5 Å². The van der Waals surface area contributed by atoms with Crippen LogP contribution in [-0.2, 0) is 18.9 Å². The number of carbonyl (C=O) groups excluding carboxylic acids is 2. The topological polar surface area (TPSA) is 84.2 Å². The maximum absolute atomic E-state index is 12.9. The van der Waals surface area contributed by atoms with E-state index < -0.39 is 12.2 Å². The Balaban J connectivity index is 0.976. The van der Waals surface area contributed by atoms with Gasteiger partial charge in [-0.05, 0) is 31.3 Å². The lowest BCUT2D eigenvalue weighted by Crippen LogP contribution is -2.27. The van der Waals surface area contributed by atoms with E-state index in [0.717, 1.165) is 43.6 Å². The van der Waals surface area contributed by atoms with Crippen molar-refractivity contribution in [2.45, 2.75) is 0 Å². The van der Waals surface area contributed by atoms with Crippen LogP contribution < -0.4 is 0 Å². The van der Waals surface area contributed by atoms with E-state index in [9.17, 15) is 9.59 Å². The van der Waals surface area contributed by atoms with Crippen molar-refractivity contribution in [3.63, 3.8) is 0 Å². The molecule has 0 fully saturated rings. The highest BCUT2D eigenvalue weighted by atomic mass is 16.7. The molecule has 0 spiro atoms. The van der Waals surface area contributed by atoms with Crippen LogP contribution in [0.1, 0.15) is 0 Å². The molecular formula is C31H27N3O6. The molecule has 2 aromatic heterocycles. The van der Waals surface area contributed by atoms with E-state index in [1.54, 1.807) is 21.1 Å². The van der Waals surface area contributed by atoms with Crippen molar-refractivity contribution >= 4 is 55.8 Å². The Morgan fingerprint density at radius 3 is 1.18 bits per heavy atom. The Kier molecular flexibility index (Phi) is 7.15. The number of aromatic nitrogens is 2. The Hall–Kier alpha value is -4.70. The molecule has 0 radical (unpaired) electrons. The van der Waals surface area contributed by atoms with Gasteiger partial charge in [-0.15, -0.1) is 0 Å². The molecule has 0 saturated carbocycles. The van der Waals surface area contributed by atoms with Gasteiger partial charge in [0, 0.05) is 21.5 Å². The van der Waals surface area contributed by atoms with Crippen LogP contribution in [0.25, 0.3) is 43.6 Å². The molecule has 0 aliphatic rings. The predicted octanol–water partition coefficient (Wildman–Crippen LogP) is 6.37. The largest absolute Gasteiger partial charge is 0.422 e. The van der Waals surface area contributed by atoms with Gasteiger partial charge in [0.15, 0.2) is 13.6 Å². The third kappa shape index (κ3) is 4.77. The van der Waals surface area contributed by atoms with Crippen molar-refractivity contribution in [2.24, 2.45) is 0 Å². The molecule has 0 unspecified atom stereocenters. The summed E-state index contributed by atoms with van der Waals surface area (Å²) >= 11 is 0. The normalized spacial score (nSPS) is 11.7. The minimum atomic E-state index is -0.520. The second-order valence-electron chi connectivity index (χ2n) is 9.32. The molecule has 6 rings (SSSR count). The summed E-state index contributed by atoms with van der Waals surface area (Å²) in [6.07, 6.45) is -1.04. The summed E-state index contributed by atoms with van der Waals surface area (Å²) in [6, 6.07) is 30.8. The number of nitrogens with zero attached hydrogens (tertiary/aromatic N) is 3. The third-order valence-corrected chi connectivity index (χ3v) is 6.68. The molecule has 6 aromatic rings. The first-order valence-corrected chi connectivity index (χ1v) is 12.8. The van der Waals surface area contributed by atoms with E-state index in [4.69, 9.17) is 18.9 Å². The average Bonchev–Trinajstić information content (AvgIpc) is 3.51. The highest BCUT2D eigenvalue weighted by Gasteiger charge is 2.18. The Labute approximate surface area is 229 Å². The van der Waals surface area contributed by atoms with Gasteiger partial charge in [-0.2, -0.15) is 0 Å². The molecule has 9 heteroatoms. The molecule has 0 saturated heterocycles. The van der Waals surface area contributed by atoms with E-state index in [2.05, 4.69) is 0 Å². The predicted molar refractivity (Wildman–Crippen MR) is 152 cm³/mol. The molecule has 0 N–H and O–H groups in total. The molecule has 9 nitrogen and oxygen atoms in total. The lowest BCUT2D eigenvalue weighted by Gasteiger charge is -2.17. The first kappa shape index (κ1) is 25.6. The van der Waals surface area contributed by atoms with Crippen molar-refractivity contribution in [2.75, 3.05) is 34.1 Å². The maximum Gasteiger partial charge on any atom is 0.421 e. The fourth-order valence-corrected chi connectivity index (χ4v) is 4.98. The van der Waals surface area contributed by atoms with Crippen LogP contribution in [0.4, 0.5) is 9.59 Å². The van der Waals surface area contributed by atoms with Gasteiger partial charge in [-0.25, -0.2) is 18.7 Å². The van der Waals surface area contributed by atoms with E-state index in [-0.39, 0.29) is 27.0 Å². The van der Waals surface area contributed by atoms with Crippen molar-refractivity contribution in [1.29, 1.82) is 0 Å². The standard InChI is InChI=1S/C31H27N3O6/c1-32(18-37-20-39-30(35)33-26-14-6-2-10-22(26)23-11-3-7-15-27(23)33)19-38-21-40-31(36)34-28-16-8-4-12-24(28)25-13-5-9-17-29(25)34/h2-17H,18-21H2,1H3. The summed E-state index contributed by atoms with van der Waals surface area (Å²) < 4.78 is 24.9. The van der Waals surface area contributed by atoms with E-state index in [1.165, 1.54) is 0 Å². The second kappa shape index (κ2) is 11.2. The molecule has 0 aliphatic carbocycles. The highest BCUT2D eigenvalue weighted by molar-refractivity contribution is 6.13. The molecule has 0 bridgehead atoms. The molecule has 0 aliphatic heterocycles. The fourth-order valence-electron chi connectivity index (χ4n) is 4.98. The van der Waals surface area contributed by atoms with Crippen molar-refractivity contribution in [1.82, 2.24) is 14.0 Å². The molecule has 0 amide bonds. The van der Waals surface area contributed by atoms with E-state index in [1.807, 2.05) is 97.1 Å². The van der Waals surface area contributed by atoms with Gasteiger partial charge < -0.3 is 18.9 Å². The van der Waals surface area contributed by atoms with Crippen molar-refractivity contribution in [3.8, 4) is 0 Å². The molecule has 2 heterocycles. The minimum Gasteiger partial charge on any atom is -0.422 e. The van der Waals surface area contributed by atoms with Crippen LogP contribution >= 0.6 is 0 Å². The summed E-state index contributed by atoms with van der Waals surface area (Å²) in [7, 11) is 1.77. The summed E-state index contributed by atoms with van der Waals surface area (Å²) in [4.78, 5) is 27.5. The first-order chi connectivity index (χ1) is 19.6. The molecule has 202 valence electrons. The number of fused-ring (bicyclic) bond motifs is 6. The molecule has 4 aromatic carbocycles. The van der Waals surface area contributed by atoms with Gasteiger partial charge >= 0.3 is 12.2 Å². The summed E-state index contributed by atoms with van der Waals surface area (Å²) in [5, 5.41) is 3.91. The number of carbonyl (C=O) groups is 2. The molecular weight excluding hydrogens is 510 g/mol. The Morgan fingerprint density at radius 2 is 0.850 bits per heavy atom. The van der Waals surface area contributed by atoms with Crippen molar-refractivity contribution in [3.05, 3.63) is 97.1 Å². The van der Waals surface area contributed by atoms with Crippen LogP contribution in [0.2, 0.25) is 0 Å². The Bertz CT molecular complexity index is 1600. The third-order valence-electron chi connectivity index (χ3n) is 6.68. The van der Waals surface area contributed by atoms with E-state index in [0.29, 0.717) is 0 Å². The quantitative estimate of drug-likeness (QED) is 0.165. The number of hydrogen-bond donors (Lipinski definition) is 0. The lowest BCUT2D eigenvalue weighted by molar-refractivity contribution is -0.104. The zero-order chi connectivity index (χ0) is 27.5. The highest BCUT2D eigenvalue weighted by Crippen LogP contribution is 2.30. The number of hydrogen-bond acceptors (Lipinski definition) is 7. The van der Waals surface area contributed by atoms with Gasteiger partial charge in [-0.1, -0.05) is 72.8 Å². The second-order valence-corrected chi connectivity index (χ2v) is 9.32. The van der Waals surface area contributed by atoms with Crippen LogP contribution in [0.5, 0.6) is 0 Å². The van der Waals surface area contributed by atoms with Crippen LogP contribution in [0.3, 0.4) is 0 Å². The van der Waals surface area contributed by atoms with Crippen molar-refractivity contribution < 1.29 is 28.5 Å². The zero-order valence-electron chi connectivity index (χ0n) is 21.9. The van der Waals surface area contributed by atoms with Crippen LogP contribution in [-0.4, -0.2) is 60.3 Å². The van der Waals surface area contributed by atoms with Gasteiger partial charge in [-0.3, -0.25) is 4.90 Å². The maximum atomic E-state index is 12.9. The summed E-state index contributed by atoms with van der Waals surface area (Å²) in [5.41, 5.74) is 3.09. The van der Waals surface area contributed by atoms with Gasteiger partial charge in [0.05, 0.1) is 22.1 Å². The van der Waals surface area contributed by atoms with Crippen LogP contribution in [0.15, 0.2) is 97.1 Å². The summed E-state index contributed by atoms with van der Waals surface area (Å²) in [6.45, 7) is -0.178. The SMILES string of the molecule is CN(COCOC(=O)n1c2ccccc2c2ccccc21)COCOC(=O)n1c2ccccc2c2ccccc21. The first-order valence-electron chi connectivity index (χ1n) is 12.8. The zero-order valence-corrected chi connectivity index (χ0v) is 21.9.